The summed E-state index contributed by atoms with van der Waals surface area (Å²) in [4.78, 5) is 13.2. The number of aromatic nitrogens is 3. The molecule has 0 aliphatic rings. The van der Waals surface area contributed by atoms with Gasteiger partial charge >= 0.3 is 0 Å². The number of nitrogens with one attached hydrogen (secondary N) is 1. The third-order valence-corrected chi connectivity index (χ3v) is 2.55. The van der Waals surface area contributed by atoms with E-state index < -0.39 is 0 Å². The molecular weight excluding hydrogens is 210 g/mol. The zero-order valence-corrected chi connectivity index (χ0v) is 8.61. The normalized spacial score (nSPS) is 9.93. The first kappa shape index (κ1) is 9.88. The summed E-state index contributed by atoms with van der Waals surface area (Å²) < 4.78 is 0. The Labute approximate surface area is 91.1 Å². The van der Waals surface area contributed by atoms with Gasteiger partial charge in [0.25, 0.3) is 0 Å². The van der Waals surface area contributed by atoms with Crippen molar-refractivity contribution in [1.82, 2.24) is 15.0 Å². The SMILES string of the molecule is NNc1cncc(Sc2ccncc2)n1. The van der Waals surface area contributed by atoms with E-state index in [-0.39, 0.29) is 0 Å². The number of anilines is 1. The van der Waals surface area contributed by atoms with E-state index in [4.69, 9.17) is 5.84 Å². The van der Waals surface area contributed by atoms with Gasteiger partial charge in [-0.2, -0.15) is 0 Å². The molecule has 0 atom stereocenters. The quantitative estimate of drug-likeness (QED) is 0.598. The van der Waals surface area contributed by atoms with Crippen LogP contribution in [0.15, 0.2) is 46.8 Å². The largest absolute Gasteiger partial charge is 0.307 e. The molecular formula is C9H9N5S. The summed E-state index contributed by atoms with van der Waals surface area (Å²) in [5.74, 6) is 5.79. The van der Waals surface area contributed by atoms with Crippen LogP contribution in [0, 0.1) is 0 Å². The van der Waals surface area contributed by atoms with Crippen LogP contribution in [-0.4, -0.2) is 15.0 Å². The van der Waals surface area contributed by atoms with Crippen LogP contribution in [0.4, 0.5) is 5.82 Å². The maximum absolute atomic E-state index is 5.24. The van der Waals surface area contributed by atoms with Gasteiger partial charge in [0.2, 0.25) is 0 Å². The van der Waals surface area contributed by atoms with Crippen molar-refractivity contribution >= 4 is 17.6 Å². The predicted molar refractivity (Wildman–Crippen MR) is 58.2 cm³/mol. The van der Waals surface area contributed by atoms with E-state index in [1.165, 1.54) is 11.8 Å². The fourth-order valence-electron chi connectivity index (χ4n) is 0.994. The Hall–Kier alpha value is -1.66. The fraction of sp³-hybridized carbons (Fsp3) is 0. The molecule has 0 saturated carbocycles. The molecule has 2 aromatic heterocycles. The Kier molecular flexibility index (Phi) is 3.11. The number of rotatable bonds is 3. The van der Waals surface area contributed by atoms with Gasteiger partial charge in [-0.3, -0.25) is 9.97 Å². The average Bonchev–Trinajstić information content (AvgIpc) is 2.31. The minimum absolute atomic E-state index is 0.550. The summed E-state index contributed by atoms with van der Waals surface area (Å²) in [7, 11) is 0. The fourth-order valence-corrected chi connectivity index (χ4v) is 1.75. The Morgan fingerprint density at radius 3 is 2.67 bits per heavy atom. The van der Waals surface area contributed by atoms with Gasteiger partial charge in [-0.1, -0.05) is 11.8 Å². The van der Waals surface area contributed by atoms with E-state index >= 15 is 0 Å². The van der Waals surface area contributed by atoms with E-state index in [1.54, 1.807) is 24.8 Å². The van der Waals surface area contributed by atoms with Gasteiger partial charge in [0, 0.05) is 17.3 Å². The van der Waals surface area contributed by atoms with Gasteiger partial charge in [-0.15, -0.1) is 0 Å². The second kappa shape index (κ2) is 4.72. The van der Waals surface area contributed by atoms with E-state index in [2.05, 4.69) is 20.4 Å². The maximum atomic E-state index is 5.24. The van der Waals surface area contributed by atoms with Gasteiger partial charge in [0.1, 0.15) is 5.03 Å². The van der Waals surface area contributed by atoms with Crippen molar-refractivity contribution in [2.24, 2.45) is 5.84 Å². The lowest BCUT2D eigenvalue weighted by atomic mass is 10.5. The molecule has 0 fully saturated rings. The van der Waals surface area contributed by atoms with Crippen LogP contribution >= 0.6 is 11.8 Å². The highest BCUT2D eigenvalue weighted by molar-refractivity contribution is 7.99. The number of nitrogens with two attached hydrogens (primary N) is 1. The molecule has 0 saturated heterocycles. The summed E-state index contributed by atoms with van der Waals surface area (Å²) in [5, 5.41) is 0.789. The molecule has 0 aliphatic carbocycles. The maximum Gasteiger partial charge on any atom is 0.159 e. The van der Waals surface area contributed by atoms with Crippen molar-refractivity contribution in [2.45, 2.75) is 9.92 Å². The van der Waals surface area contributed by atoms with Crippen molar-refractivity contribution < 1.29 is 0 Å². The van der Waals surface area contributed by atoms with Crippen LogP contribution in [0.2, 0.25) is 0 Å². The van der Waals surface area contributed by atoms with Crippen LogP contribution in [-0.2, 0) is 0 Å². The zero-order valence-electron chi connectivity index (χ0n) is 7.79. The topological polar surface area (TPSA) is 76.7 Å². The Bertz CT molecular complexity index is 434. The number of hydrogen-bond acceptors (Lipinski definition) is 6. The zero-order chi connectivity index (χ0) is 10.5. The molecule has 2 rings (SSSR count). The Balaban J connectivity index is 2.17. The molecule has 0 spiro atoms. The molecule has 0 aliphatic heterocycles. The third-order valence-electron chi connectivity index (χ3n) is 1.63. The van der Waals surface area contributed by atoms with Crippen LogP contribution in [0.25, 0.3) is 0 Å². The summed E-state index contributed by atoms with van der Waals surface area (Å²) in [6.07, 6.45) is 6.73. The minimum atomic E-state index is 0.550. The van der Waals surface area contributed by atoms with Gasteiger partial charge in [0.15, 0.2) is 5.82 Å². The Morgan fingerprint density at radius 2 is 1.93 bits per heavy atom. The van der Waals surface area contributed by atoms with Gasteiger partial charge in [-0.05, 0) is 12.1 Å². The molecule has 0 aromatic carbocycles. The van der Waals surface area contributed by atoms with Gasteiger partial charge in [-0.25, -0.2) is 10.8 Å². The summed E-state index contributed by atoms with van der Waals surface area (Å²) in [5.41, 5.74) is 2.45. The average molecular weight is 219 g/mol. The summed E-state index contributed by atoms with van der Waals surface area (Å²) in [6.45, 7) is 0. The molecule has 3 N–H and O–H groups in total. The molecule has 0 bridgehead atoms. The second-order valence-corrected chi connectivity index (χ2v) is 3.77. The molecule has 0 radical (unpaired) electrons. The monoisotopic (exact) mass is 219 g/mol. The number of nitrogen functional groups attached to an aromatic ring is 1. The third kappa shape index (κ3) is 2.64. The van der Waals surface area contributed by atoms with Crippen LogP contribution < -0.4 is 11.3 Å². The van der Waals surface area contributed by atoms with Crippen LogP contribution in [0.5, 0.6) is 0 Å². The highest BCUT2D eigenvalue weighted by atomic mass is 32.2. The predicted octanol–water partition coefficient (Wildman–Crippen LogP) is 1.31. The number of nitrogens with zero attached hydrogens (tertiary/aromatic N) is 3. The van der Waals surface area contributed by atoms with Gasteiger partial charge in [0.05, 0.1) is 12.4 Å². The highest BCUT2D eigenvalue weighted by Crippen LogP contribution is 2.24. The van der Waals surface area contributed by atoms with E-state index in [0.29, 0.717) is 5.82 Å². The van der Waals surface area contributed by atoms with Crippen LogP contribution in [0.1, 0.15) is 0 Å². The minimum Gasteiger partial charge on any atom is -0.307 e. The van der Waals surface area contributed by atoms with Crippen molar-refractivity contribution in [3.63, 3.8) is 0 Å². The molecule has 2 aromatic rings. The standard InChI is InChI=1S/C9H9N5S/c10-14-8-5-12-6-9(13-8)15-7-1-3-11-4-2-7/h1-6H,10H2,(H,13,14). The molecule has 2 heterocycles. The van der Waals surface area contributed by atoms with Crippen molar-refractivity contribution in [3.8, 4) is 0 Å². The van der Waals surface area contributed by atoms with Crippen molar-refractivity contribution in [1.29, 1.82) is 0 Å². The molecule has 0 unspecified atom stereocenters. The summed E-state index contributed by atoms with van der Waals surface area (Å²) >= 11 is 1.51. The summed E-state index contributed by atoms with van der Waals surface area (Å²) in [6, 6.07) is 3.82. The number of pyridine rings is 1. The van der Waals surface area contributed by atoms with Gasteiger partial charge < -0.3 is 5.43 Å². The smallest absolute Gasteiger partial charge is 0.159 e. The lowest BCUT2D eigenvalue weighted by Crippen LogP contribution is -2.08. The first-order valence-electron chi connectivity index (χ1n) is 4.25. The van der Waals surface area contributed by atoms with E-state index in [1.807, 2.05) is 12.1 Å². The van der Waals surface area contributed by atoms with E-state index in [0.717, 1.165) is 9.92 Å². The molecule has 6 heteroatoms. The van der Waals surface area contributed by atoms with Crippen LogP contribution in [0.3, 0.4) is 0 Å². The molecule has 76 valence electrons. The van der Waals surface area contributed by atoms with E-state index in [9.17, 15) is 0 Å². The lowest BCUT2D eigenvalue weighted by molar-refractivity contribution is 1.04. The number of hydrogen-bond donors (Lipinski definition) is 2. The molecule has 0 amide bonds. The van der Waals surface area contributed by atoms with Crippen molar-refractivity contribution in [2.75, 3.05) is 5.43 Å². The first-order valence-corrected chi connectivity index (χ1v) is 5.06. The molecule has 5 nitrogen and oxygen atoms in total. The highest BCUT2D eigenvalue weighted by Gasteiger charge is 1.99. The number of hydrazine groups is 1. The second-order valence-electron chi connectivity index (χ2n) is 2.67. The van der Waals surface area contributed by atoms with Crippen molar-refractivity contribution in [3.05, 3.63) is 36.9 Å². The first-order chi connectivity index (χ1) is 7.38. The lowest BCUT2D eigenvalue weighted by Gasteiger charge is -2.02. The molecule has 15 heavy (non-hydrogen) atoms. The Morgan fingerprint density at radius 1 is 1.13 bits per heavy atom.